The number of H-pyrrole nitrogens is 1. The molecule has 0 saturated heterocycles. The average molecular weight is 370 g/mol. The van der Waals surface area contributed by atoms with Gasteiger partial charge in [0.2, 0.25) is 5.78 Å². The van der Waals surface area contributed by atoms with Crippen LogP contribution in [0.25, 0.3) is 17.2 Å². The average Bonchev–Trinajstić information content (AvgIpc) is 3.05. The summed E-state index contributed by atoms with van der Waals surface area (Å²) in [6.45, 7) is 0.394. The minimum atomic E-state index is -0.344. The van der Waals surface area contributed by atoms with Crippen molar-refractivity contribution in [3.8, 4) is 11.4 Å². The van der Waals surface area contributed by atoms with E-state index in [2.05, 4.69) is 20.4 Å². The first-order valence-corrected chi connectivity index (χ1v) is 8.21. The number of anilines is 1. The van der Waals surface area contributed by atoms with E-state index in [1.807, 2.05) is 12.1 Å². The summed E-state index contributed by atoms with van der Waals surface area (Å²) >= 11 is 5.96. The number of nitrogens with zero attached hydrogens (tertiary/aromatic N) is 3. The van der Waals surface area contributed by atoms with Gasteiger partial charge in [0.15, 0.2) is 5.82 Å². The van der Waals surface area contributed by atoms with E-state index in [0.717, 1.165) is 5.69 Å². The monoisotopic (exact) mass is 369 g/mol. The van der Waals surface area contributed by atoms with Crippen LogP contribution in [0.1, 0.15) is 5.69 Å². The molecule has 130 valence electrons. The van der Waals surface area contributed by atoms with Crippen LogP contribution in [0.2, 0.25) is 5.02 Å². The second-order valence-electron chi connectivity index (χ2n) is 5.67. The van der Waals surface area contributed by atoms with Crippen molar-refractivity contribution in [3.05, 3.63) is 81.5 Å². The molecule has 4 rings (SSSR count). The third kappa shape index (κ3) is 3.29. The lowest BCUT2D eigenvalue weighted by Crippen LogP contribution is -2.17. The second-order valence-corrected chi connectivity index (χ2v) is 6.11. The topological polar surface area (TPSA) is 75.1 Å². The summed E-state index contributed by atoms with van der Waals surface area (Å²) in [5.74, 6) is 0.320. The molecule has 0 fully saturated rings. The van der Waals surface area contributed by atoms with Crippen molar-refractivity contribution in [2.24, 2.45) is 0 Å². The minimum Gasteiger partial charge on any atom is -0.379 e. The highest BCUT2D eigenvalue weighted by molar-refractivity contribution is 6.30. The number of rotatable bonds is 4. The lowest BCUT2D eigenvalue weighted by atomic mass is 10.2. The Labute approximate surface area is 152 Å². The van der Waals surface area contributed by atoms with Crippen LogP contribution in [0.5, 0.6) is 0 Å². The Morgan fingerprint density at radius 2 is 1.96 bits per heavy atom. The Balaban J connectivity index is 1.63. The van der Waals surface area contributed by atoms with Gasteiger partial charge >= 0.3 is 0 Å². The smallest absolute Gasteiger partial charge is 0.275 e. The van der Waals surface area contributed by atoms with Gasteiger partial charge in [0.05, 0.1) is 6.54 Å². The number of halogens is 2. The normalized spacial score (nSPS) is 11.0. The van der Waals surface area contributed by atoms with E-state index >= 15 is 0 Å². The van der Waals surface area contributed by atoms with Crippen LogP contribution in [0.15, 0.2) is 59.4 Å². The molecule has 0 radical (unpaired) electrons. The number of aromatic amines is 1. The standard InChI is InChI=1S/C18H13ClFN5O/c19-12-2-1-3-14(8-12)21-10-15-9-16(26)25-18(22-15)23-17(24-25)11-4-6-13(20)7-5-11/h1-9,21H,10H2,(H,22,23,24). The largest absolute Gasteiger partial charge is 0.379 e. The van der Waals surface area contributed by atoms with Gasteiger partial charge in [-0.25, -0.2) is 4.39 Å². The predicted octanol–water partition coefficient (Wildman–Crippen LogP) is 3.49. The fraction of sp³-hybridized carbons (Fsp3) is 0.0556. The van der Waals surface area contributed by atoms with E-state index in [9.17, 15) is 9.18 Å². The first kappa shape index (κ1) is 16.3. The molecule has 8 heteroatoms. The highest BCUT2D eigenvalue weighted by atomic mass is 35.5. The molecule has 2 N–H and O–H groups in total. The van der Waals surface area contributed by atoms with E-state index in [0.29, 0.717) is 34.4 Å². The molecule has 6 nitrogen and oxygen atoms in total. The zero-order valence-electron chi connectivity index (χ0n) is 13.4. The Kier molecular flexibility index (Phi) is 4.14. The maximum atomic E-state index is 13.1. The first-order chi connectivity index (χ1) is 12.6. The van der Waals surface area contributed by atoms with Gasteiger partial charge in [0, 0.05) is 28.0 Å². The quantitative estimate of drug-likeness (QED) is 0.577. The molecule has 2 aromatic carbocycles. The number of aromatic nitrogens is 4. The third-order valence-electron chi connectivity index (χ3n) is 3.80. The maximum Gasteiger partial charge on any atom is 0.275 e. The van der Waals surface area contributed by atoms with E-state index in [1.165, 1.54) is 22.7 Å². The zero-order valence-corrected chi connectivity index (χ0v) is 14.2. The zero-order chi connectivity index (χ0) is 18.1. The summed E-state index contributed by atoms with van der Waals surface area (Å²) in [7, 11) is 0. The maximum absolute atomic E-state index is 13.1. The Bertz CT molecular complexity index is 1140. The van der Waals surface area contributed by atoms with Crippen molar-refractivity contribution >= 4 is 23.1 Å². The molecule has 0 saturated carbocycles. The Hall–Kier alpha value is -3.19. The third-order valence-corrected chi connectivity index (χ3v) is 4.03. The van der Waals surface area contributed by atoms with Gasteiger partial charge in [0.25, 0.3) is 5.56 Å². The van der Waals surface area contributed by atoms with Crippen LogP contribution >= 0.6 is 11.6 Å². The van der Waals surface area contributed by atoms with Gasteiger partial charge in [-0.2, -0.15) is 9.50 Å². The van der Waals surface area contributed by atoms with Crippen LogP contribution in [-0.2, 0) is 6.54 Å². The second kappa shape index (κ2) is 6.61. The summed E-state index contributed by atoms with van der Waals surface area (Å²) in [5.41, 5.74) is 1.82. The fourth-order valence-electron chi connectivity index (χ4n) is 2.55. The summed E-state index contributed by atoms with van der Waals surface area (Å²) in [5, 5.41) is 7.99. The van der Waals surface area contributed by atoms with Gasteiger partial charge in [-0.05, 0) is 42.5 Å². The number of benzene rings is 2. The summed E-state index contributed by atoms with van der Waals surface area (Å²) in [4.78, 5) is 19.7. The molecular weight excluding hydrogens is 357 g/mol. The molecular formula is C18H13ClFN5O. The molecule has 0 unspecified atom stereocenters. The molecule has 2 heterocycles. The van der Waals surface area contributed by atoms with Gasteiger partial charge in [-0.3, -0.25) is 4.79 Å². The van der Waals surface area contributed by atoms with E-state index < -0.39 is 0 Å². The van der Waals surface area contributed by atoms with Gasteiger partial charge in [0.1, 0.15) is 5.82 Å². The lowest BCUT2D eigenvalue weighted by molar-refractivity contribution is 0.628. The molecule has 0 aliphatic rings. The van der Waals surface area contributed by atoms with Crippen molar-refractivity contribution in [2.75, 3.05) is 5.32 Å². The molecule has 2 aromatic heterocycles. The van der Waals surface area contributed by atoms with E-state index in [4.69, 9.17) is 11.6 Å². The van der Waals surface area contributed by atoms with Crippen LogP contribution in [0.3, 0.4) is 0 Å². The molecule has 0 atom stereocenters. The fourth-order valence-corrected chi connectivity index (χ4v) is 2.74. The summed E-state index contributed by atoms with van der Waals surface area (Å²) in [6, 6.07) is 14.5. The lowest BCUT2D eigenvalue weighted by Gasteiger charge is -2.06. The van der Waals surface area contributed by atoms with Gasteiger partial charge < -0.3 is 10.3 Å². The predicted molar refractivity (Wildman–Crippen MR) is 97.8 cm³/mol. The van der Waals surface area contributed by atoms with Crippen LogP contribution in [0.4, 0.5) is 10.1 Å². The van der Waals surface area contributed by atoms with Crippen molar-refractivity contribution in [1.29, 1.82) is 0 Å². The van der Waals surface area contributed by atoms with E-state index in [-0.39, 0.29) is 11.4 Å². The van der Waals surface area contributed by atoms with Crippen LogP contribution < -0.4 is 10.9 Å². The SMILES string of the molecule is O=c1cc(CNc2cccc(Cl)c2)[nH]c2nc(-c3ccc(F)cc3)nn12. The molecule has 0 spiro atoms. The van der Waals surface area contributed by atoms with Gasteiger partial charge in [-0.15, -0.1) is 5.10 Å². The molecule has 4 aromatic rings. The molecule has 0 aliphatic carbocycles. The van der Waals surface area contributed by atoms with Crippen LogP contribution in [0, 0.1) is 5.82 Å². The number of nitrogens with one attached hydrogen (secondary N) is 2. The summed E-state index contributed by atoms with van der Waals surface area (Å²) in [6.07, 6.45) is 0. The number of hydrogen-bond donors (Lipinski definition) is 2. The van der Waals surface area contributed by atoms with Crippen LogP contribution in [-0.4, -0.2) is 19.6 Å². The minimum absolute atomic E-state index is 0.303. The Morgan fingerprint density at radius 1 is 1.15 bits per heavy atom. The van der Waals surface area contributed by atoms with Crippen molar-refractivity contribution in [3.63, 3.8) is 0 Å². The summed E-state index contributed by atoms with van der Waals surface area (Å²) < 4.78 is 14.2. The van der Waals surface area contributed by atoms with Crippen molar-refractivity contribution in [1.82, 2.24) is 19.6 Å². The van der Waals surface area contributed by atoms with Crippen molar-refractivity contribution in [2.45, 2.75) is 6.54 Å². The first-order valence-electron chi connectivity index (χ1n) is 7.83. The highest BCUT2D eigenvalue weighted by Gasteiger charge is 2.10. The highest BCUT2D eigenvalue weighted by Crippen LogP contribution is 2.17. The van der Waals surface area contributed by atoms with Gasteiger partial charge in [-0.1, -0.05) is 17.7 Å². The number of fused-ring (bicyclic) bond motifs is 1. The molecule has 0 bridgehead atoms. The molecule has 26 heavy (non-hydrogen) atoms. The molecule has 0 aliphatic heterocycles. The van der Waals surface area contributed by atoms with Crippen molar-refractivity contribution < 1.29 is 4.39 Å². The Morgan fingerprint density at radius 3 is 2.73 bits per heavy atom. The van der Waals surface area contributed by atoms with E-state index in [1.54, 1.807) is 24.3 Å². The number of hydrogen-bond acceptors (Lipinski definition) is 4. The molecule has 0 amide bonds.